The molecule has 3 N–H and O–H groups in total. The summed E-state index contributed by atoms with van der Waals surface area (Å²) in [7, 11) is 0. The molecule has 1 saturated heterocycles. The quantitative estimate of drug-likeness (QED) is 0.618. The second kappa shape index (κ2) is 8.38. The molecule has 3 amide bonds. The van der Waals surface area contributed by atoms with Crippen molar-refractivity contribution >= 4 is 58.1 Å². The topological polar surface area (TPSA) is 124 Å². The van der Waals surface area contributed by atoms with Crippen molar-refractivity contribution in [2.24, 2.45) is 0 Å². The van der Waals surface area contributed by atoms with E-state index in [4.69, 9.17) is 16.7 Å². The average molecular weight is 433 g/mol. The number of phenols is 1. The van der Waals surface area contributed by atoms with Gasteiger partial charge in [0, 0.05) is 16.8 Å². The number of carbonyl (C=O) groups excluding carboxylic acids is 3. The fourth-order valence-electron chi connectivity index (χ4n) is 2.52. The number of benzene rings is 2. The molecule has 0 saturated carbocycles. The number of nitrogens with zero attached hydrogens (tertiary/aromatic N) is 1. The number of thioether (sulfide) groups is 1. The molecule has 10 heteroatoms. The Morgan fingerprint density at radius 2 is 1.93 bits per heavy atom. The lowest BCUT2D eigenvalue weighted by Crippen LogP contribution is -2.36. The first-order valence-electron chi connectivity index (χ1n) is 8.11. The third-order valence-electron chi connectivity index (χ3n) is 3.83. The molecule has 0 aliphatic carbocycles. The van der Waals surface area contributed by atoms with Gasteiger partial charge in [-0.1, -0.05) is 23.7 Å². The van der Waals surface area contributed by atoms with Gasteiger partial charge in [-0.3, -0.25) is 19.3 Å². The number of carbonyl (C=O) groups is 4. The van der Waals surface area contributed by atoms with Crippen LogP contribution in [0.3, 0.4) is 0 Å². The van der Waals surface area contributed by atoms with Crippen molar-refractivity contribution in [1.82, 2.24) is 4.90 Å². The van der Waals surface area contributed by atoms with Crippen molar-refractivity contribution < 1.29 is 29.4 Å². The Bertz CT molecular complexity index is 1070. The molecule has 8 nitrogen and oxygen atoms in total. The number of halogens is 1. The first-order chi connectivity index (χ1) is 13.7. The first kappa shape index (κ1) is 20.4. The molecule has 0 unspecified atom stereocenters. The Hall–Kier alpha value is -3.30. The van der Waals surface area contributed by atoms with Crippen molar-refractivity contribution in [2.45, 2.75) is 0 Å². The minimum absolute atomic E-state index is 0.124. The Morgan fingerprint density at radius 3 is 2.59 bits per heavy atom. The lowest BCUT2D eigenvalue weighted by Gasteiger charge is -2.13. The SMILES string of the molecule is O=C(CN1C(=O)SC(=Cc2cccc(Cl)c2)C1=O)Nc1ccc(C(=O)O)c(O)c1. The minimum atomic E-state index is -1.32. The summed E-state index contributed by atoms with van der Waals surface area (Å²) in [4.78, 5) is 48.6. The summed E-state index contributed by atoms with van der Waals surface area (Å²) in [5.41, 5.74) is 0.445. The maximum Gasteiger partial charge on any atom is 0.339 e. The van der Waals surface area contributed by atoms with E-state index >= 15 is 0 Å². The van der Waals surface area contributed by atoms with Crippen molar-refractivity contribution in [2.75, 3.05) is 11.9 Å². The number of nitrogens with one attached hydrogen (secondary N) is 1. The van der Waals surface area contributed by atoms with Crippen LogP contribution >= 0.6 is 23.4 Å². The number of carboxylic acid groups (broad SMARTS) is 1. The fraction of sp³-hybridized carbons (Fsp3) is 0.0526. The second-order valence-electron chi connectivity index (χ2n) is 5.91. The summed E-state index contributed by atoms with van der Waals surface area (Å²) in [5, 5.41) is 20.8. The summed E-state index contributed by atoms with van der Waals surface area (Å²) < 4.78 is 0. The summed E-state index contributed by atoms with van der Waals surface area (Å²) in [6.07, 6.45) is 1.51. The zero-order valence-electron chi connectivity index (χ0n) is 14.6. The highest BCUT2D eigenvalue weighted by Gasteiger charge is 2.36. The predicted octanol–water partition coefficient (Wildman–Crippen LogP) is 3.42. The molecule has 0 bridgehead atoms. The van der Waals surface area contributed by atoms with Crippen molar-refractivity contribution in [3.8, 4) is 5.75 Å². The molecule has 0 spiro atoms. The van der Waals surface area contributed by atoms with Crippen LogP contribution in [0.15, 0.2) is 47.4 Å². The normalized spacial score (nSPS) is 15.1. The van der Waals surface area contributed by atoms with Crippen LogP contribution in [0.5, 0.6) is 5.75 Å². The van der Waals surface area contributed by atoms with E-state index in [1.54, 1.807) is 24.3 Å². The van der Waals surface area contributed by atoms with Crippen molar-refractivity contribution in [3.05, 3.63) is 63.5 Å². The lowest BCUT2D eigenvalue weighted by atomic mass is 10.2. The summed E-state index contributed by atoms with van der Waals surface area (Å²) >= 11 is 6.61. The molecule has 0 radical (unpaired) electrons. The van der Waals surface area contributed by atoms with Gasteiger partial charge in [-0.15, -0.1) is 0 Å². The van der Waals surface area contributed by atoms with Crippen LogP contribution in [0.2, 0.25) is 5.02 Å². The summed E-state index contributed by atoms with van der Waals surface area (Å²) in [5.74, 6) is -3.13. The number of anilines is 1. The minimum Gasteiger partial charge on any atom is -0.507 e. The van der Waals surface area contributed by atoms with Gasteiger partial charge in [-0.05, 0) is 47.7 Å². The van der Waals surface area contributed by atoms with Gasteiger partial charge < -0.3 is 15.5 Å². The van der Waals surface area contributed by atoms with Crippen LogP contribution in [0.1, 0.15) is 15.9 Å². The van der Waals surface area contributed by atoms with E-state index < -0.39 is 35.3 Å². The van der Waals surface area contributed by atoms with Gasteiger partial charge in [0.2, 0.25) is 5.91 Å². The van der Waals surface area contributed by atoms with E-state index in [1.807, 2.05) is 0 Å². The van der Waals surface area contributed by atoms with E-state index in [0.29, 0.717) is 22.3 Å². The molecule has 1 aliphatic heterocycles. The van der Waals surface area contributed by atoms with E-state index in [1.165, 1.54) is 12.1 Å². The predicted molar refractivity (Wildman–Crippen MR) is 108 cm³/mol. The van der Waals surface area contributed by atoms with E-state index in [2.05, 4.69) is 5.32 Å². The molecule has 29 heavy (non-hydrogen) atoms. The standard InChI is InChI=1S/C19H13ClN2O6S/c20-11-3-1-2-10(6-11)7-15-17(25)22(19(28)29-15)9-16(24)21-12-4-5-13(18(26)27)14(23)8-12/h1-8,23H,9H2,(H,21,24)(H,26,27). The van der Waals surface area contributed by atoms with E-state index in [0.717, 1.165) is 17.0 Å². The first-order valence-corrected chi connectivity index (χ1v) is 9.31. The van der Waals surface area contributed by atoms with Gasteiger partial charge in [-0.2, -0.15) is 0 Å². The molecule has 0 atom stereocenters. The van der Waals surface area contributed by atoms with Gasteiger partial charge in [-0.25, -0.2) is 4.79 Å². The zero-order valence-corrected chi connectivity index (χ0v) is 16.2. The maximum absolute atomic E-state index is 12.5. The molecule has 2 aromatic carbocycles. The van der Waals surface area contributed by atoms with Gasteiger partial charge >= 0.3 is 5.97 Å². The molecule has 2 aromatic rings. The third-order valence-corrected chi connectivity index (χ3v) is 4.98. The molecule has 1 aliphatic rings. The van der Waals surface area contributed by atoms with Crippen LogP contribution in [0, 0.1) is 0 Å². The number of hydrogen-bond donors (Lipinski definition) is 3. The smallest absolute Gasteiger partial charge is 0.339 e. The molecule has 148 valence electrons. The van der Waals surface area contributed by atoms with Crippen LogP contribution in [-0.4, -0.2) is 44.7 Å². The largest absolute Gasteiger partial charge is 0.507 e. The lowest BCUT2D eigenvalue weighted by molar-refractivity contribution is -0.127. The Labute approximate surface area is 173 Å². The number of aromatic hydroxyl groups is 1. The van der Waals surface area contributed by atoms with Crippen molar-refractivity contribution in [3.63, 3.8) is 0 Å². The number of amides is 3. The Balaban J connectivity index is 1.69. The second-order valence-corrected chi connectivity index (χ2v) is 7.34. The number of aromatic carboxylic acids is 1. The molecule has 1 heterocycles. The molecule has 3 rings (SSSR count). The van der Waals surface area contributed by atoms with Gasteiger partial charge in [0.15, 0.2) is 0 Å². The van der Waals surface area contributed by atoms with E-state index in [-0.39, 0.29) is 16.2 Å². The van der Waals surface area contributed by atoms with Crippen LogP contribution in [0.25, 0.3) is 6.08 Å². The van der Waals surface area contributed by atoms with E-state index in [9.17, 15) is 24.3 Å². The number of hydrogen-bond acceptors (Lipinski definition) is 6. The van der Waals surface area contributed by atoms with Gasteiger partial charge in [0.25, 0.3) is 11.1 Å². The van der Waals surface area contributed by atoms with Gasteiger partial charge in [0.05, 0.1) is 4.91 Å². The highest BCUT2D eigenvalue weighted by molar-refractivity contribution is 8.18. The fourth-order valence-corrected chi connectivity index (χ4v) is 3.56. The summed E-state index contributed by atoms with van der Waals surface area (Å²) in [6, 6.07) is 10.2. The van der Waals surface area contributed by atoms with Crippen molar-refractivity contribution in [1.29, 1.82) is 0 Å². The Kier molecular flexibility index (Phi) is 5.90. The highest BCUT2D eigenvalue weighted by atomic mass is 35.5. The molecular formula is C19H13ClN2O6S. The van der Waals surface area contributed by atoms with Gasteiger partial charge in [0.1, 0.15) is 17.9 Å². The zero-order chi connectivity index (χ0) is 21.1. The maximum atomic E-state index is 12.5. The third kappa shape index (κ3) is 4.76. The highest BCUT2D eigenvalue weighted by Crippen LogP contribution is 2.32. The molecule has 0 aromatic heterocycles. The van der Waals surface area contributed by atoms with Crippen LogP contribution in [0.4, 0.5) is 10.5 Å². The average Bonchev–Trinajstić information content (AvgIpc) is 2.89. The molecule has 1 fully saturated rings. The monoisotopic (exact) mass is 432 g/mol. The summed E-state index contributed by atoms with van der Waals surface area (Å²) in [6.45, 7) is -0.529. The van der Waals surface area contributed by atoms with Crippen LogP contribution in [-0.2, 0) is 9.59 Å². The number of rotatable bonds is 5. The van der Waals surface area contributed by atoms with Crippen LogP contribution < -0.4 is 5.32 Å². The number of carboxylic acids is 1. The molecular weight excluding hydrogens is 420 g/mol. The number of imide groups is 1. The Morgan fingerprint density at radius 1 is 1.17 bits per heavy atom.